The first-order valence-corrected chi connectivity index (χ1v) is 22.8. The highest BCUT2D eigenvalue weighted by Gasteiger charge is 2.55. The molecule has 0 N–H and O–H groups in total. The number of hydrogen-bond donors (Lipinski definition) is 0. The first-order chi connectivity index (χ1) is 31.9. The van der Waals surface area contributed by atoms with Gasteiger partial charge in [0.1, 0.15) is 11.2 Å². The summed E-state index contributed by atoms with van der Waals surface area (Å²) in [6.45, 7) is 6.62. The van der Waals surface area contributed by atoms with Crippen molar-refractivity contribution in [3.8, 4) is 33.4 Å². The Bertz CT molecular complexity index is 3440. The molecular weight excluding hydrogens is 787 g/mol. The van der Waals surface area contributed by atoms with E-state index in [1.54, 1.807) is 0 Å². The Kier molecular flexibility index (Phi) is 8.18. The summed E-state index contributed by atoms with van der Waals surface area (Å²) in [5, 5.41) is 1.09. The summed E-state index contributed by atoms with van der Waals surface area (Å²) in [6, 6.07) is 80.8. The quantitative estimate of drug-likeness (QED) is 0.161. The molecule has 0 saturated carbocycles. The third kappa shape index (κ3) is 5.38. The molecule has 10 aromatic rings. The van der Waals surface area contributed by atoms with Crippen LogP contribution in [-0.2, 0) is 10.8 Å². The lowest BCUT2D eigenvalue weighted by Gasteiger charge is -2.52. The monoisotopic (exact) mass is 832 g/mol. The van der Waals surface area contributed by atoms with Crippen molar-refractivity contribution >= 4 is 57.4 Å². The van der Waals surface area contributed by atoms with Gasteiger partial charge in [0.05, 0.1) is 16.8 Å². The number of fused-ring (bicyclic) bond motifs is 8. The van der Waals surface area contributed by atoms with Crippen molar-refractivity contribution in [2.24, 2.45) is 0 Å². The Morgan fingerprint density at radius 1 is 0.446 bits per heavy atom. The summed E-state index contributed by atoms with van der Waals surface area (Å²) < 4.78 is 7.39. The fourth-order valence-electron chi connectivity index (χ4n) is 11.4. The summed E-state index contributed by atoms with van der Waals surface area (Å²) in [5.74, 6) is 0. The van der Waals surface area contributed by atoms with Gasteiger partial charge in [0.25, 0.3) is 0 Å². The van der Waals surface area contributed by atoms with Gasteiger partial charge in [0.2, 0.25) is 0 Å². The third-order valence-corrected chi connectivity index (χ3v) is 14.2. The number of nitrogens with zero attached hydrogens (tertiary/aromatic N) is 2. The molecular formula is C61H45BN2O. The van der Waals surface area contributed by atoms with E-state index in [1.807, 2.05) is 0 Å². The maximum Gasteiger partial charge on any atom is 0.375 e. The zero-order valence-electron chi connectivity index (χ0n) is 36.7. The van der Waals surface area contributed by atoms with Crippen LogP contribution in [0.4, 0.5) is 28.4 Å². The summed E-state index contributed by atoms with van der Waals surface area (Å²) in [4.78, 5) is 5.18. The molecule has 0 saturated heterocycles. The van der Waals surface area contributed by atoms with Gasteiger partial charge in [-0.2, -0.15) is 0 Å². The zero-order valence-corrected chi connectivity index (χ0v) is 36.7. The molecule has 0 fully saturated rings. The molecule has 3 aliphatic heterocycles. The van der Waals surface area contributed by atoms with Crippen molar-refractivity contribution in [2.75, 3.05) is 9.71 Å². The molecule has 3 aliphatic rings. The minimum absolute atomic E-state index is 0.0489. The van der Waals surface area contributed by atoms with Crippen LogP contribution in [0.15, 0.2) is 223 Å². The second-order valence-electron chi connectivity index (χ2n) is 18.8. The highest BCUT2D eigenvalue weighted by atomic mass is 16.3. The predicted molar refractivity (Wildman–Crippen MR) is 271 cm³/mol. The minimum atomic E-state index is -0.602. The van der Waals surface area contributed by atoms with Crippen molar-refractivity contribution in [3.63, 3.8) is 0 Å². The largest absolute Gasteiger partial charge is 0.466 e. The van der Waals surface area contributed by atoms with Crippen LogP contribution in [-0.4, -0.2) is 6.85 Å². The Hall–Kier alpha value is -7.82. The lowest BCUT2D eigenvalue weighted by molar-refractivity contribution is 0.590. The van der Waals surface area contributed by atoms with Crippen LogP contribution in [0.1, 0.15) is 48.6 Å². The molecule has 0 unspecified atom stereocenters. The normalized spacial score (nSPS) is 14.1. The minimum Gasteiger partial charge on any atom is -0.466 e. The SMILES string of the molecule is CC(C)(C)c1ccc(N2c3cc(-c4ccccc4)cc4c3B(c3oc5ccccc5c32)N2c3ccccc3C(c3ccccc3)(c3ccccc3)c3cccc-4c32)c(-c2ccccc2)c1. The van der Waals surface area contributed by atoms with Crippen molar-refractivity contribution in [1.82, 2.24) is 0 Å². The van der Waals surface area contributed by atoms with Gasteiger partial charge in [-0.25, -0.2) is 0 Å². The molecule has 1 aromatic heterocycles. The van der Waals surface area contributed by atoms with E-state index in [0.29, 0.717) is 0 Å². The number of para-hydroxylation sites is 3. The summed E-state index contributed by atoms with van der Waals surface area (Å²) in [6.07, 6.45) is 0. The molecule has 0 amide bonds. The molecule has 65 heavy (non-hydrogen) atoms. The number of anilines is 5. The molecule has 13 rings (SSSR count). The summed E-state index contributed by atoms with van der Waals surface area (Å²) in [7, 11) is 0. The Balaban J connectivity index is 1.20. The van der Waals surface area contributed by atoms with Gasteiger partial charge in [-0.1, -0.05) is 197 Å². The standard InChI is InChI=1S/C61H45BN2O/c1-60(2,3)45-35-36-52(48(39-45)41-23-10-5-11-24-41)63-54-38-42(40-21-8-4-9-22-40)37-49-46-30-20-32-51-57(46)64(62(56(49)54)59-58(63)47-29-16-19-34-55(47)65-59)53-33-18-17-31-50(53)61(51,43-25-12-6-13-26-43)44-27-14-7-15-28-44/h4-39H,1-3H3. The molecule has 0 spiro atoms. The fraction of sp³-hybridized carbons (Fsp3) is 0.0820. The first-order valence-electron chi connectivity index (χ1n) is 22.8. The van der Waals surface area contributed by atoms with Gasteiger partial charge in [0, 0.05) is 33.6 Å². The van der Waals surface area contributed by atoms with Gasteiger partial charge in [-0.05, 0) is 103 Å². The van der Waals surface area contributed by atoms with Crippen molar-refractivity contribution < 1.29 is 4.42 Å². The third-order valence-electron chi connectivity index (χ3n) is 14.2. The van der Waals surface area contributed by atoms with Crippen LogP contribution in [0.2, 0.25) is 0 Å². The van der Waals surface area contributed by atoms with E-state index in [-0.39, 0.29) is 12.3 Å². The zero-order chi connectivity index (χ0) is 43.4. The first kappa shape index (κ1) is 37.7. The maximum absolute atomic E-state index is 7.39. The van der Waals surface area contributed by atoms with E-state index in [2.05, 4.69) is 249 Å². The number of rotatable bonds is 5. The van der Waals surface area contributed by atoms with Crippen LogP contribution >= 0.6 is 0 Å². The van der Waals surface area contributed by atoms with E-state index in [4.69, 9.17) is 4.42 Å². The summed E-state index contributed by atoms with van der Waals surface area (Å²) >= 11 is 0. The highest BCUT2D eigenvalue weighted by molar-refractivity contribution is 6.93. The van der Waals surface area contributed by atoms with Crippen LogP contribution in [0.25, 0.3) is 44.3 Å². The van der Waals surface area contributed by atoms with Crippen LogP contribution in [0.3, 0.4) is 0 Å². The molecule has 0 aliphatic carbocycles. The topological polar surface area (TPSA) is 19.6 Å². The van der Waals surface area contributed by atoms with Gasteiger partial charge in [0.15, 0.2) is 0 Å². The van der Waals surface area contributed by atoms with Gasteiger partial charge in [-0.3, -0.25) is 0 Å². The van der Waals surface area contributed by atoms with Gasteiger partial charge in [-0.15, -0.1) is 0 Å². The van der Waals surface area contributed by atoms with Crippen LogP contribution in [0, 0.1) is 0 Å². The molecule has 4 heteroatoms. The smallest absolute Gasteiger partial charge is 0.375 e. The lowest BCUT2D eigenvalue weighted by atomic mass is 9.44. The Labute approximate surface area is 381 Å². The Morgan fingerprint density at radius 2 is 1.06 bits per heavy atom. The van der Waals surface area contributed by atoms with Gasteiger partial charge >= 0.3 is 6.85 Å². The van der Waals surface area contributed by atoms with Crippen LogP contribution in [0.5, 0.6) is 0 Å². The van der Waals surface area contributed by atoms with Crippen LogP contribution < -0.4 is 20.8 Å². The van der Waals surface area contributed by atoms with Gasteiger partial charge < -0.3 is 14.1 Å². The lowest BCUT2D eigenvalue weighted by Crippen LogP contribution is -2.62. The maximum atomic E-state index is 7.39. The van der Waals surface area contributed by atoms with E-state index in [0.717, 1.165) is 33.7 Å². The molecule has 4 heterocycles. The number of furan rings is 1. The second-order valence-corrected chi connectivity index (χ2v) is 18.8. The van der Waals surface area contributed by atoms with Crippen molar-refractivity contribution in [2.45, 2.75) is 31.6 Å². The second kappa shape index (κ2) is 14.1. The molecule has 9 aromatic carbocycles. The molecule has 0 radical (unpaired) electrons. The molecule has 3 nitrogen and oxygen atoms in total. The number of benzene rings is 9. The van der Waals surface area contributed by atoms with Crippen molar-refractivity contribution in [1.29, 1.82) is 0 Å². The number of hydrogen-bond acceptors (Lipinski definition) is 3. The molecule has 0 bridgehead atoms. The van der Waals surface area contributed by atoms with E-state index < -0.39 is 5.41 Å². The van der Waals surface area contributed by atoms with E-state index in [1.165, 1.54) is 78.0 Å². The van der Waals surface area contributed by atoms with E-state index in [9.17, 15) is 0 Å². The predicted octanol–water partition coefficient (Wildman–Crippen LogP) is 14.5. The summed E-state index contributed by atoms with van der Waals surface area (Å²) in [5.41, 5.74) is 21.6. The van der Waals surface area contributed by atoms with Crippen molar-refractivity contribution in [3.05, 3.63) is 246 Å². The average molecular weight is 833 g/mol. The average Bonchev–Trinajstić information content (AvgIpc) is 3.75. The molecule has 0 atom stereocenters. The molecule has 308 valence electrons. The van der Waals surface area contributed by atoms with E-state index >= 15 is 0 Å². The fourth-order valence-corrected chi connectivity index (χ4v) is 11.4. The Morgan fingerprint density at radius 3 is 1.77 bits per heavy atom. The highest BCUT2D eigenvalue weighted by Crippen LogP contribution is 2.61.